The highest BCUT2D eigenvalue weighted by Crippen LogP contribution is 2.54. The van der Waals surface area contributed by atoms with E-state index >= 15 is 119 Å². The fraction of sp³-hybridized carbons (Fsp3) is 0. The number of hydrogen-bond acceptors (Lipinski definition) is 2. The summed E-state index contributed by atoms with van der Waals surface area (Å²) in [4.78, 5) is 9.32. The third-order valence-electron chi connectivity index (χ3n) is 22.2. The van der Waals surface area contributed by atoms with Gasteiger partial charge in [-0.2, -0.15) is 0 Å². The van der Waals surface area contributed by atoms with E-state index in [0.29, 0.717) is 0 Å². The third-order valence-corrected chi connectivity index (χ3v) is 22.2. The van der Waals surface area contributed by atoms with E-state index in [0.717, 1.165) is 33.4 Å². The van der Waals surface area contributed by atoms with Crippen molar-refractivity contribution in [2.75, 3.05) is 0 Å². The van der Waals surface area contributed by atoms with Gasteiger partial charge in [-0.15, -0.1) is 0 Å². The zero-order chi connectivity index (χ0) is 102. The highest BCUT2D eigenvalue weighted by molar-refractivity contribution is 6.08. The molecule has 4 nitrogen and oxygen atoms in total. The highest BCUT2D eigenvalue weighted by atomic mass is 19.2. The van der Waals surface area contributed by atoms with E-state index in [4.69, 9.17) is 0 Å². The van der Waals surface area contributed by atoms with Crippen molar-refractivity contribution >= 4 is 43.9 Å². The maximum absolute atomic E-state index is 17.3. The summed E-state index contributed by atoms with van der Waals surface area (Å²) < 4.78 is 656. The lowest BCUT2D eigenvalue weighted by atomic mass is 9.86. The molecule has 712 valence electrons. The van der Waals surface area contributed by atoms with Crippen molar-refractivity contribution in [2.24, 2.45) is 0 Å². The van der Waals surface area contributed by atoms with Gasteiger partial charge < -0.3 is 9.13 Å². The standard InChI is InChI=1S/C60F42.C34H22N4/c61-19-1(4-22(64)28(70)7(29(71)23(4)65)10-34(76)40(82)13(41(83)35(10)77)16-46(88)52(94)58(100)53(95)47(16)89)20(62)3(6-26(68)32(74)9(33(75)27(6)69)12-38(80)44(86)15(45(87)39(12)81)18-50(92)56(98)60(102)57(99)51(18)93)21(63)2(19)5-24(66)30(72)8(31(73)25(5)67)11-36(78)42(84)14(43(85)37(11)79)17-48(90)54(96)59(101)55(97)49(17)91;1-3-9-29-27(7-1)33-31(11-5-21-35-33)37(29)25-17-13-23(14-18-25)24-15-19-26(20-16-24)38-30-10-4-2-8-28(30)34-32(38)12-6-22-36-34/h;1-22H. The Morgan fingerprint density at radius 3 is 0.436 bits per heavy atom. The molecule has 0 aliphatic rings. The lowest BCUT2D eigenvalue weighted by Gasteiger charge is -2.22. The van der Waals surface area contributed by atoms with Gasteiger partial charge in [-0.3, -0.25) is 9.97 Å². The number of benzene rings is 14. The first-order valence-corrected chi connectivity index (χ1v) is 38.0. The predicted octanol–water partition coefficient (Wildman–Crippen LogP) is 30.9. The molecule has 4 heterocycles. The molecule has 0 spiro atoms. The number of hydrogen-bond donors (Lipinski definition) is 0. The van der Waals surface area contributed by atoms with Crippen LogP contribution in [0, 0.1) is 244 Å². The molecular weight excluding hydrogens is 1980 g/mol. The van der Waals surface area contributed by atoms with Gasteiger partial charge in [0.1, 0.15) is 17.5 Å². The Morgan fingerprint density at radius 2 is 0.264 bits per heavy atom. The van der Waals surface area contributed by atoms with Crippen LogP contribution in [-0.4, -0.2) is 19.1 Å². The van der Waals surface area contributed by atoms with Crippen LogP contribution >= 0.6 is 0 Å². The monoisotopic (exact) mass is 2000 g/mol. The lowest BCUT2D eigenvalue weighted by Crippen LogP contribution is -2.15. The van der Waals surface area contributed by atoms with Crippen molar-refractivity contribution in [1.82, 2.24) is 19.1 Å². The zero-order valence-electron chi connectivity index (χ0n) is 66.4. The molecule has 0 saturated heterocycles. The van der Waals surface area contributed by atoms with Crippen LogP contribution in [0.2, 0.25) is 0 Å². The normalized spacial score (nSPS) is 11.8. The van der Waals surface area contributed by atoms with Crippen molar-refractivity contribution in [3.05, 3.63) is 378 Å². The second kappa shape index (κ2) is 34.6. The van der Waals surface area contributed by atoms with Crippen LogP contribution in [0.5, 0.6) is 0 Å². The van der Waals surface area contributed by atoms with Gasteiger partial charge in [-0.1, -0.05) is 60.7 Å². The fourth-order valence-corrected chi connectivity index (χ4v) is 15.9. The van der Waals surface area contributed by atoms with E-state index in [9.17, 15) is 65.9 Å². The molecule has 0 unspecified atom stereocenters. The maximum Gasteiger partial charge on any atom is 0.200 e. The first kappa shape index (κ1) is 95.8. The summed E-state index contributed by atoms with van der Waals surface area (Å²) in [5.41, 5.74) is -50.4. The quantitative estimate of drug-likeness (QED) is 0.0694. The van der Waals surface area contributed by atoms with Gasteiger partial charge >= 0.3 is 0 Å². The third kappa shape index (κ3) is 13.8. The molecule has 18 aromatic rings. The molecule has 0 N–H and O–H groups in total. The van der Waals surface area contributed by atoms with Gasteiger partial charge in [-0.25, -0.2) is 184 Å². The smallest absolute Gasteiger partial charge is 0.200 e. The summed E-state index contributed by atoms with van der Waals surface area (Å²) >= 11 is 0. The van der Waals surface area contributed by atoms with E-state index < -0.39 is 344 Å². The Labute approximate surface area is 745 Å². The van der Waals surface area contributed by atoms with Crippen LogP contribution in [0.3, 0.4) is 0 Å². The number of rotatable bonds is 12. The summed E-state index contributed by atoms with van der Waals surface area (Å²) in [6.45, 7) is 0. The number of halogens is 42. The number of pyridine rings is 2. The van der Waals surface area contributed by atoms with E-state index in [-0.39, 0.29) is 0 Å². The van der Waals surface area contributed by atoms with Crippen molar-refractivity contribution < 1.29 is 184 Å². The van der Waals surface area contributed by atoms with Gasteiger partial charge in [0.25, 0.3) is 0 Å². The molecule has 0 atom stereocenters. The Balaban J connectivity index is 0.000000291. The van der Waals surface area contributed by atoms with E-state index in [1.807, 2.05) is 24.5 Å². The SMILES string of the molecule is Fc1c(F)c(F)c(-c2c(F)c(F)c(-c3c(F)c(F)c(-c4c(F)c(-c5c(F)c(F)c(-c6c(F)c(F)c(-c7c(F)c(F)c(F)c(F)c7F)c(F)c6F)c(F)c5F)c(F)c(-c5c(F)c(F)c(-c6c(F)c(F)c(-c7c(F)c(F)c(F)c(F)c7F)c(F)c6F)c(F)c5F)c4F)c(F)c3F)c(F)c2F)c(F)c1F.c1ccc2c(c1)c1ncccc1n2-c1ccc(-c2ccc(-n3c4ccccc4c4ncccc43)cc2)cc1. The topological polar surface area (TPSA) is 35.6 Å². The van der Waals surface area contributed by atoms with Crippen molar-refractivity contribution in [1.29, 1.82) is 0 Å². The molecule has 140 heavy (non-hydrogen) atoms. The minimum atomic E-state index is -4.10. The predicted molar refractivity (Wildman–Crippen MR) is 410 cm³/mol. The first-order valence-electron chi connectivity index (χ1n) is 38.0. The average Bonchev–Trinajstić information content (AvgIpc) is 0.943. The second-order valence-electron chi connectivity index (χ2n) is 29.5. The van der Waals surface area contributed by atoms with Gasteiger partial charge in [0.05, 0.1) is 133 Å². The summed E-state index contributed by atoms with van der Waals surface area (Å²) in [7, 11) is 0. The highest BCUT2D eigenvalue weighted by Gasteiger charge is 2.47. The Hall–Kier alpha value is -16.0. The van der Waals surface area contributed by atoms with E-state index in [1.54, 1.807) is 0 Å². The number of aromatic nitrogens is 4. The molecule has 18 rings (SSSR count). The number of nitrogens with zero attached hydrogens (tertiary/aromatic N) is 4. The molecule has 0 fully saturated rings. The van der Waals surface area contributed by atoms with Crippen LogP contribution in [0.25, 0.3) is 167 Å². The minimum Gasteiger partial charge on any atom is -0.308 e. The zero-order valence-corrected chi connectivity index (χ0v) is 66.4. The van der Waals surface area contributed by atoms with Crippen LogP contribution in [0.15, 0.2) is 134 Å². The summed E-state index contributed by atoms with van der Waals surface area (Å²) in [5.74, 6) is -153. The van der Waals surface area contributed by atoms with Crippen LogP contribution < -0.4 is 0 Å². The molecule has 0 aliphatic carbocycles. The van der Waals surface area contributed by atoms with Gasteiger partial charge in [-0.05, 0) is 71.8 Å². The Morgan fingerprint density at radius 1 is 0.129 bits per heavy atom. The summed E-state index contributed by atoms with van der Waals surface area (Å²) in [6, 6.07) is 42.8. The van der Waals surface area contributed by atoms with Crippen molar-refractivity contribution in [2.45, 2.75) is 0 Å². The fourth-order valence-electron chi connectivity index (χ4n) is 15.9. The lowest BCUT2D eigenvalue weighted by molar-refractivity contribution is 0.379. The number of fused-ring (bicyclic) bond motifs is 6. The van der Waals surface area contributed by atoms with E-state index in [1.165, 1.54) is 32.9 Å². The van der Waals surface area contributed by atoms with Crippen LogP contribution in [-0.2, 0) is 0 Å². The maximum atomic E-state index is 17.3. The second-order valence-corrected chi connectivity index (χ2v) is 29.5. The summed E-state index contributed by atoms with van der Waals surface area (Å²) in [6.07, 6.45) is 3.73. The van der Waals surface area contributed by atoms with Crippen molar-refractivity contribution in [3.8, 4) is 123 Å². The molecule has 0 aliphatic heterocycles. The van der Waals surface area contributed by atoms with Crippen molar-refractivity contribution in [3.63, 3.8) is 0 Å². The minimum absolute atomic E-state index is 1.03. The molecule has 14 aromatic carbocycles. The molecular formula is C94H22F42N4. The van der Waals surface area contributed by atoms with Gasteiger partial charge in [0.15, 0.2) is 209 Å². The molecule has 46 heteroatoms. The van der Waals surface area contributed by atoms with E-state index in [2.05, 4.69) is 128 Å². The average molecular weight is 2010 g/mol. The Kier molecular flexibility index (Phi) is 23.7. The van der Waals surface area contributed by atoms with Crippen LogP contribution in [0.4, 0.5) is 184 Å². The number of para-hydroxylation sites is 2. The molecule has 0 radical (unpaired) electrons. The summed E-state index contributed by atoms with van der Waals surface area (Å²) in [5, 5.41) is 2.34. The molecule has 4 aromatic heterocycles. The molecule has 0 amide bonds. The molecule has 0 bridgehead atoms. The van der Waals surface area contributed by atoms with Gasteiger partial charge in [0, 0.05) is 34.5 Å². The Bertz CT molecular complexity index is 7490. The molecule has 0 saturated carbocycles. The van der Waals surface area contributed by atoms with Crippen LogP contribution in [0.1, 0.15) is 0 Å². The largest absolute Gasteiger partial charge is 0.308 e. The first-order chi connectivity index (χ1) is 66.1. The van der Waals surface area contributed by atoms with Gasteiger partial charge in [0.2, 0.25) is 17.5 Å².